The van der Waals surface area contributed by atoms with Gasteiger partial charge in [0.2, 0.25) is 0 Å². The Morgan fingerprint density at radius 2 is 1.87 bits per heavy atom. The van der Waals surface area contributed by atoms with Crippen molar-refractivity contribution >= 4 is 28.3 Å². The highest BCUT2D eigenvalue weighted by atomic mass is 32.1. The number of halogens is 3. The SMILES string of the molecule is Cc1sc(N(Cc2ccccc2)C(=O)C(F)(F)F)nc1C(=O)O. The highest BCUT2D eigenvalue weighted by Crippen LogP contribution is 2.30. The second-order valence-electron chi connectivity index (χ2n) is 4.58. The van der Waals surface area contributed by atoms with Crippen molar-refractivity contribution in [1.29, 1.82) is 0 Å². The Hall–Kier alpha value is -2.42. The molecule has 9 heteroatoms. The van der Waals surface area contributed by atoms with Crippen molar-refractivity contribution < 1.29 is 27.9 Å². The highest BCUT2D eigenvalue weighted by molar-refractivity contribution is 7.16. The van der Waals surface area contributed by atoms with Crippen molar-refractivity contribution in [3.8, 4) is 0 Å². The Kier molecular flexibility index (Phi) is 4.69. The molecule has 5 nitrogen and oxygen atoms in total. The fourth-order valence-electron chi connectivity index (χ4n) is 1.84. The van der Waals surface area contributed by atoms with Crippen LogP contribution in [0.15, 0.2) is 30.3 Å². The first-order chi connectivity index (χ1) is 10.7. The normalized spacial score (nSPS) is 11.3. The number of benzene rings is 1. The van der Waals surface area contributed by atoms with Gasteiger partial charge in [0.15, 0.2) is 10.8 Å². The third-order valence-corrected chi connectivity index (χ3v) is 3.88. The van der Waals surface area contributed by atoms with E-state index < -0.39 is 18.1 Å². The van der Waals surface area contributed by atoms with Crippen molar-refractivity contribution in [3.05, 3.63) is 46.5 Å². The molecule has 0 radical (unpaired) electrons. The summed E-state index contributed by atoms with van der Waals surface area (Å²) in [5.41, 5.74) is 0.105. The van der Waals surface area contributed by atoms with Gasteiger partial charge in [0, 0.05) is 4.88 Å². The number of aromatic nitrogens is 1. The summed E-state index contributed by atoms with van der Waals surface area (Å²) >= 11 is 0.728. The molecule has 1 aromatic carbocycles. The number of nitrogens with zero attached hydrogens (tertiary/aromatic N) is 2. The molecule has 0 bridgehead atoms. The maximum Gasteiger partial charge on any atom is 0.471 e. The van der Waals surface area contributed by atoms with E-state index in [1.165, 1.54) is 6.92 Å². The van der Waals surface area contributed by atoms with Crippen LogP contribution in [-0.4, -0.2) is 28.1 Å². The van der Waals surface area contributed by atoms with Crippen LogP contribution in [-0.2, 0) is 11.3 Å². The van der Waals surface area contributed by atoms with E-state index in [9.17, 15) is 22.8 Å². The van der Waals surface area contributed by atoms with E-state index in [1.807, 2.05) is 0 Å². The molecule has 0 atom stereocenters. The first-order valence-corrected chi connectivity index (χ1v) is 7.15. The maximum absolute atomic E-state index is 12.8. The third kappa shape index (κ3) is 3.86. The van der Waals surface area contributed by atoms with Gasteiger partial charge in [-0.1, -0.05) is 30.3 Å². The minimum Gasteiger partial charge on any atom is -0.476 e. The predicted octanol–water partition coefficient (Wildman–Crippen LogP) is 3.25. The third-order valence-electron chi connectivity index (χ3n) is 2.89. The molecule has 0 aliphatic heterocycles. The molecule has 0 fully saturated rings. The van der Waals surface area contributed by atoms with Crippen LogP contribution in [0.1, 0.15) is 20.9 Å². The van der Waals surface area contributed by atoms with Gasteiger partial charge in [-0.15, -0.1) is 11.3 Å². The number of carboxylic acid groups (broad SMARTS) is 1. The van der Waals surface area contributed by atoms with Crippen LogP contribution in [0.2, 0.25) is 0 Å². The number of thiazole rings is 1. The number of hydrogen-bond acceptors (Lipinski definition) is 4. The second-order valence-corrected chi connectivity index (χ2v) is 5.76. The number of carboxylic acids is 1. The minimum absolute atomic E-state index is 0.223. The van der Waals surface area contributed by atoms with Crippen LogP contribution < -0.4 is 4.90 Å². The quantitative estimate of drug-likeness (QED) is 0.924. The molecule has 0 aliphatic rings. The Labute approximate surface area is 133 Å². The number of alkyl halides is 3. The standard InChI is InChI=1S/C14H11F3N2O3S/c1-8-10(11(20)21)18-13(23-8)19(12(22)14(15,16)17)7-9-5-3-2-4-6-9/h2-6H,7H2,1H3,(H,20,21). The maximum atomic E-state index is 12.8. The van der Waals surface area contributed by atoms with E-state index >= 15 is 0 Å². The summed E-state index contributed by atoms with van der Waals surface area (Å²) < 4.78 is 38.5. The molecule has 1 amide bonds. The molecule has 1 heterocycles. The monoisotopic (exact) mass is 344 g/mol. The summed E-state index contributed by atoms with van der Waals surface area (Å²) in [6.07, 6.45) is -5.09. The minimum atomic E-state index is -5.09. The van der Waals surface area contributed by atoms with Crippen LogP contribution in [0, 0.1) is 6.92 Å². The number of rotatable bonds is 4. The van der Waals surface area contributed by atoms with Crippen molar-refractivity contribution in [1.82, 2.24) is 4.98 Å². The van der Waals surface area contributed by atoms with Crippen molar-refractivity contribution in [2.75, 3.05) is 4.90 Å². The van der Waals surface area contributed by atoms with E-state index in [-0.39, 0.29) is 22.2 Å². The van der Waals surface area contributed by atoms with E-state index in [2.05, 4.69) is 4.98 Å². The van der Waals surface area contributed by atoms with Gasteiger partial charge in [-0.05, 0) is 12.5 Å². The summed E-state index contributed by atoms with van der Waals surface area (Å²) in [5.74, 6) is -3.45. The average Bonchev–Trinajstić information content (AvgIpc) is 2.86. The van der Waals surface area contributed by atoms with Gasteiger partial charge in [0.05, 0.1) is 6.54 Å². The Morgan fingerprint density at radius 1 is 1.26 bits per heavy atom. The molecule has 0 saturated carbocycles. The molecular weight excluding hydrogens is 333 g/mol. The Bertz CT molecular complexity index is 729. The van der Waals surface area contributed by atoms with E-state index in [0.29, 0.717) is 10.5 Å². The van der Waals surface area contributed by atoms with Gasteiger partial charge in [-0.2, -0.15) is 13.2 Å². The van der Waals surface area contributed by atoms with Crippen molar-refractivity contribution in [2.45, 2.75) is 19.6 Å². The molecule has 122 valence electrons. The largest absolute Gasteiger partial charge is 0.476 e. The molecule has 0 spiro atoms. The highest BCUT2D eigenvalue weighted by Gasteiger charge is 2.44. The predicted molar refractivity (Wildman–Crippen MR) is 77.5 cm³/mol. The van der Waals surface area contributed by atoms with Gasteiger partial charge >= 0.3 is 18.1 Å². The fraction of sp³-hybridized carbons (Fsp3) is 0.214. The van der Waals surface area contributed by atoms with Crippen molar-refractivity contribution in [3.63, 3.8) is 0 Å². The topological polar surface area (TPSA) is 70.5 Å². The van der Waals surface area contributed by atoms with E-state index in [4.69, 9.17) is 5.11 Å². The molecule has 23 heavy (non-hydrogen) atoms. The van der Waals surface area contributed by atoms with Gasteiger partial charge in [-0.25, -0.2) is 9.78 Å². The number of carbonyl (C=O) groups is 2. The number of amides is 1. The average molecular weight is 344 g/mol. The van der Waals surface area contributed by atoms with Crippen LogP contribution in [0.3, 0.4) is 0 Å². The lowest BCUT2D eigenvalue weighted by Crippen LogP contribution is -2.40. The zero-order chi connectivity index (χ0) is 17.2. The second kappa shape index (κ2) is 6.37. The van der Waals surface area contributed by atoms with E-state index in [1.54, 1.807) is 30.3 Å². The zero-order valence-electron chi connectivity index (χ0n) is 11.8. The van der Waals surface area contributed by atoms with Crippen molar-refractivity contribution in [2.24, 2.45) is 0 Å². The molecule has 2 aromatic rings. The number of aryl methyl sites for hydroxylation is 1. The lowest BCUT2D eigenvalue weighted by Gasteiger charge is -2.21. The van der Waals surface area contributed by atoms with Crippen LogP contribution in [0.5, 0.6) is 0 Å². The number of hydrogen-bond donors (Lipinski definition) is 1. The molecular formula is C14H11F3N2O3S. The molecule has 1 N–H and O–H groups in total. The van der Waals surface area contributed by atoms with Crippen LogP contribution in [0.25, 0.3) is 0 Å². The Balaban J connectivity index is 2.43. The summed E-state index contributed by atoms with van der Waals surface area (Å²) in [6.45, 7) is 1.06. The van der Waals surface area contributed by atoms with Gasteiger partial charge < -0.3 is 5.11 Å². The lowest BCUT2D eigenvalue weighted by atomic mass is 10.2. The molecule has 0 unspecified atom stereocenters. The summed E-state index contributed by atoms with van der Waals surface area (Å²) in [5, 5.41) is 8.67. The van der Waals surface area contributed by atoms with Gasteiger partial charge in [-0.3, -0.25) is 9.69 Å². The molecule has 1 aromatic heterocycles. The van der Waals surface area contributed by atoms with Gasteiger partial charge in [0.25, 0.3) is 0 Å². The first kappa shape index (κ1) is 16.9. The summed E-state index contributed by atoms with van der Waals surface area (Å²) in [6, 6.07) is 8.07. The van der Waals surface area contributed by atoms with Crippen LogP contribution in [0.4, 0.5) is 18.3 Å². The summed E-state index contributed by atoms with van der Waals surface area (Å²) in [4.78, 5) is 27.0. The fourth-order valence-corrected chi connectivity index (χ4v) is 2.74. The van der Waals surface area contributed by atoms with Crippen LogP contribution >= 0.6 is 11.3 Å². The summed E-state index contributed by atoms with van der Waals surface area (Å²) in [7, 11) is 0. The molecule has 0 saturated heterocycles. The molecule has 0 aliphatic carbocycles. The molecule has 2 rings (SSSR count). The smallest absolute Gasteiger partial charge is 0.471 e. The first-order valence-electron chi connectivity index (χ1n) is 6.33. The number of anilines is 1. The Morgan fingerprint density at radius 3 is 2.35 bits per heavy atom. The van der Waals surface area contributed by atoms with E-state index in [0.717, 1.165) is 11.3 Å². The number of carbonyl (C=O) groups excluding carboxylic acids is 1. The lowest BCUT2D eigenvalue weighted by molar-refractivity contribution is -0.170. The zero-order valence-corrected chi connectivity index (χ0v) is 12.6. The van der Waals surface area contributed by atoms with Gasteiger partial charge in [0.1, 0.15) is 0 Å². The number of aromatic carboxylic acids is 1.